The first-order valence-electron chi connectivity index (χ1n) is 6.31. The fourth-order valence-electron chi connectivity index (χ4n) is 1.94. The van der Waals surface area contributed by atoms with E-state index in [0.717, 1.165) is 11.9 Å². The van der Waals surface area contributed by atoms with E-state index in [1.54, 1.807) is 13.2 Å². The highest BCUT2D eigenvalue weighted by atomic mass is 79.9. The van der Waals surface area contributed by atoms with Gasteiger partial charge in [-0.25, -0.2) is 9.37 Å². The van der Waals surface area contributed by atoms with Crippen LogP contribution in [0.2, 0.25) is 0 Å². The van der Waals surface area contributed by atoms with Crippen LogP contribution in [0.15, 0.2) is 16.6 Å². The Morgan fingerprint density at radius 3 is 2.90 bits per heavy atom. The summed E-state index contributed by atoms with van der Waals surface area (Å²) in [7, 11) is 1.64. The molecule has 5 nitrogen and oxygen atoms in total. The van der Waals surface area contributed by atoms with Gasteiger partial charge in [-0.3, -0.25) is 0 Å². The van der Waals surface area contributed by atoms with Gasteiger partial charge in [0.15, 0.2) is 0 Å². The van der Waals surface area contributed by atoms with E-state index in [4.69, 9.17) is 15.2 Å². The van der Waals surface area contributed by atoms with E-state index >= 15 is 0 Å². The molecule has 0 fully saturated rings. The number of methoxy groups -OCH3 is 1. The molecule has 0 atom stereocenters. The summed E-state index contributed by atoms with van der Waals surface area (Å²) in [5.41, 5.74) is 7.24. The molecule has 7 heteroatoms. The number of aryl methyl sites for hydroxylation is 1. The molecule has 0 saturated carbocycles. The van der Waals surface area contributed by atoms with Crippen molar-refractivity contribution in [3.8, 4) is 0 Å². The number of rotatable bonds is 7. The Bertz CT molecular complexity index is 588. The van der Waals surface area contributed by atoms with Gasteiger partial charge in [0.05, 0.1) is 28.7 Å². The van der Waals surface area contributed by atoms with Crippen molar-refractivity contribution < 1.29 is 13.9 Å². The second-order valence-electron chi connectivity index (χ2n) is 4.34. The second-order valence-corrected chi connectivity index (χ2v) is 5.19. The molecule has 0 amide bonds. The number of nitrogens with two attached hydrogens (primary N) is 1. The number of imidazole rings is 1. The van der Waals surface area contributed by atoms with Gasteiger partial charge in [0.25, 0.3) is 0 Å². The monoisotopic (exact) mass is 345 g/mol. The normalized spacial score (nSPS) is 11.3. The lowest BCUT2D eigenvalue weighted by molar-refractivity contribution is 0.0682. The molecular formula is C13H17BrFN3O2. The summed E-state index contributed by atoms with van der Waals surface area (Å²) in [4.78, 5) is 4.16. The number of hydrogen-bond donors (Lipinski definition) is 1. The number of aromatic nitrogens is 2. The lowest BCUT2D eigenvalue weighted by Crippen LogP contribution is -2.08. The van der Waals surface area contributed by atoms with E-state index in [-0.39, 0.29) is 5.82 Å². The molecule has 2 N–H and O–H groups in total. The molecule has 2 rings (SSSR count). The van der Waals surface area contributed by atoms with Crippen LogP contribution in [0.5, 0.6) is 0 Å². The average Bonchev–Trinajstić information content (AvgIpc) is 2.70. The number of nitrogen functional groups attached to an aromatic ring is 1. The van der Waals surface area contributed by atoms with Gasteiger partial charge >= 0.3 is 0 Å². The molecule has 0 aliphatic heterocycles. The molecule has 0 aliphatic rings. The van der Waals surface area contributed by atoms with Gasteiger partial charge in [0, 0.05) is 26.3 Å². The second kappa shape index (κ2) is 7.01. The molecule has 0 saturated heterocycles. The summed E-state index contributed by atoms with van der Waals surface area (Å²) in [5.74, 6) is 0.0411. The smallest absolute Gasteiger partial charge is 0.201 e. The van der Waals surface area contributed by atoms with Crippen LogP contribution in [-0.4, -0.2) is 36.5 Å². The molecule has 0 spiro atoms. The molecule has 1 heterocycles. The van der Waals surface area contributed by atoms with E-state index in [2.05, 4.69) is 20.9 Å². The highest BCUT2D eigenvalue weighted by Crippen LogP contribution is 2.25. The molecule has 110 valence electrons. The highest BCUT2D eigenvalue weighted by Gasteiger charge is 2.11. The maximum Gasteiger partial charge on any atom is 0.201 e. The molecular weight excluding hydrogens is 329 g/mol. The maximum absolute atomic E-state index is 13.4. The predicted octanol–water partition coefficient (Wildman–Crippen LogP) is 2.57. The first kappa shape index (κ1) is 15.2. The number of halogens is 2. The molecule has 2 aromatic rings. The van der Waals surface area contributed by atoms with Crippen molar-refractivity contribution in [2.75, 3.05) is 32.7 Å². The predicted molar refractivity (Wildman–Crippen MR) is 79.1 cm³/mol. The third-order valence-corrected chi connectivity index (χ3v) is 3.53. The zero-order valence-corrected chi connectivity index (χ0v) is 12.8. The molecule has 1 aromatic carbocycles. The first-order chi connectivity index (χ1) is 9.63. The van der Waals surface area contributed by atoms with E-state index in [1.807, 2.05) is 4.57 Å². The van der Waals surface area contributed by atoms with E-state index in [1.165, 1.54) is 6.07 Å². The Labute approximate surface area is 125 Å². The Hall–Kier alpha value is -1.18. The van der Waals surface area contributed by atoms with Gasteiger partial charge in [-0.15, -0.1) is 0 Å². The van der Waals surface area contributed by atoms with Crippen LogP contribution >= 0.6 is 15.9 Å². The lowest BCUT2D eigenvalue weighted by Gasteiger charge is -2.07. The minimum absolute atomic E-state index is 0.343. The van der Waals surface area contributed by atoms with Crippen LogP contribution in [0.25, 0.3) is 11.0 Å². The Kier molecular flexibility index (Phi) is 5.33. The van der Waals surface area contributed by atoms with Gasteiger partial charge in [0.2, 0.25) is 5.95 Å². The fourth-order valence-corrected chi connectivity index (χ4v) is 2.27. The van der Waals surface area contributed by atoms with E-state index < -0.39 is 0 Å². The Morgan fingerprint density at radius 2 is 2.15 bits per heavy atom. The maximum atomic E-state index is 13.4. The minimum Gasteiger partial charge on any atom is -0.382 e. The third kappa shape index (κ3) is 3.47. The van der Waals surface area contributed by atoms with Crippen molar-refractivity contribution in [2.45, 2.75) is 13.0 Å². The van der Waals surface area contributed by atoms with Gasteiger partial charge in [0.1, 0.15) is 5.82 Å². The summed E-state index contributed by atoms with van der Waals surface area (Å²) in [6.07, 6.45) is 0.800. The van der Waals surface area contributed by atoms with Gasteiger partial charge < -0.3 is 19.8 Å². The average molecular weight is 346 g/mol. The van der Waals surface area contributed by atoms with Gasteiger partial charge in [-0.05, 0) is 28.4 Å². The SMILES string of the molecule is COCCOCCCn1c(N)nc2cc(F)c(Br)cc21. The standard InChI is InChI=1S/C13H17BrFN3O2/c1-19-5-6-20-4-2-3-18-12-7-9(14)10(15)8-11(12)17-13(18)16/h7-8H,2-6H2,1H3,(H2,16,17). The van der Waals surface area contributed by atoms with Crippen LogP contribution in [0, 0.1) is 5.82 Å². The Morgan fingerprint density at radius 1 is 1.35 bits per heavy atom. The van der Waals surface area contributed by atoms with Crippen molar-refractivity contribution in [1.29, 1.82) is 0 Å². The summed E-state index contributed by atoms with van der Waals surface area (Å²) in [6.45, 7) is 2.45. The number of anilines is 1. The minimum atomic E-state index is -0.343. The van der Waals surface area contributed by atoms with Crippen LogP contribution in [0.4, 0.5) is 10.3 Å². The zero-order chi connectivity index (χ0) is 14.5. The fraction of sp³-hybridized carbons (Fsp3) is 0.462. The number of ether oxygens (including phenoxy) is 2. The summed E-state index contributed by atoms with van der Waals surface area (Å²) >= 11 is 3.17. The molecule has 1 aromatic heterocycles. The molecule has 0 unspecified atom stereocenters. The Balaban J connectivity index is 2.02. The zero-order valence-electron chi connectivity index (χ0n) is 11.2. The van der Waals surface area contributed by atoms with Crippen molar-refractivity contribution in [3.63, 3.8) is 0 Å². The van der Waals surface area contributed by atoms with E-state index in [9.17, 15) is 4.39 Å². The topological polar surface area (TPSA) is 62.3 Å². The van der Waals surface area contributed by atoms with Crippen LogP contribution < -0.4 is 5.73 Å². The summed E-state index contributed by atoms with van der Waals surface area (Å²) < 4.78 is 26.0. The molecule has 0 aliphatic carbocycles. The largest absolute Gasteiger partial charge is 0.382 e. The van der Waals surface area contributed by atoms with Crippen LogP contribution in [-0.2, 0) is 16.0 Å². The number of hydrogen-bond acceptors (Lipinski definition) is 4. The quantitative estimate of drug-likeness (QED) is 0.783. The molecule has 0 bridgehead atoms. The number of benzene rings is 1. The highest BCUT2D eigenvalue weighted by molar-refractivity contribution is 9.10. The van der Waals surface area contributed by atoms with Gasteiger partial charge in [-0.2, -0.15) is 0 Å². The van der Waals surface area contributed by atoms with Crippen molar-refractivity contribution in [1.82, 2.24) is 9.55 Å². The van der Waals surface area contributed by atoms with Crippen molar-refractivity contribution >= 4 is 32.9 Å². The lowest BCUT2D eigenvalue weighted by atomic mass is 10.3. The summed E-state index contributed by atoms with van der Waals surface area (Å²) in [5, 5.41) is 0. The van der Waals surface area contributed by atoms with Gasteiger partial charge in [-0.1, -0.05) is 0 Å². The first-order valence-corrected chi connectivity index (χ1v) is 7.10. The van der Waals surface area contributed by atoms with Crippen molar-refractivity contribution in [2.24, 2.45) is 0 Å². The third-order valence-electron chi connectivity index (χ3n) is 2.92. The van der Waals surface area contributed by atoms with Crippen LogP contribution in [0.1, 0.15) is 6.42 Å². The van der Waals surface area contributed by atoms with Crippen molar-refractivity contribution in [3.05, 3.63) is 22.4 Å². The number of fused-ring (bicyclic) bond motifs is 1. The summed E-state index contributed by atoms with van der Waals surface area (Å²) in [6, 6.07) is 3.07. The number of nitrogens with zero attached hydrogens (tertiary/aromatic N) is 2. The molecule has 20 heavy (non-hydrogen) atoms. The van der Waals surface area contributed by atoms with E-state index in [0.29, 0.717) is 42.3 Å². The molecule has 0 radical (unpaired) electrons. The van der Waals surface area contributed by atoms with Crippen LogP contribution in [0.3, 0.4) is 0 Å².